The maximum absolute atomic E-state index is 5.57. The largest absolute Gasteiger partial charge is 0.328 e. The van der Waals surface area contributed by atoms with Gasteiger partial charge in [0.25, 0.3) is 0 Å². The summed E-state index contributed by atoms with van der Waals surface area (Å²) < 4.78 is 11.1. The van der Waals surface area contributed by atoms with Crippen LogP contribution in [0.4, 0.5) is 0 Å². The van der Waals surface area contributed by atoms with Gasteiger partial charge in [-0.25, -0.2) is 0 Å². The van der Waals surface area contributed by atoms with Crippen LogP contribution in [0, 0.1) is 0 Å². The van der Waals surface area contributed by atoms with Crippen LogP contribution in [0.3, 0.4) is 0 Å². The third-order valence-electron chi connectivity index (χ3n) is 1.73. The van der Waals surface area contributed by atoms with E-state index < -0.39 is 6.49 Å². The van der Waals surface area contributed by atoms with Gasteiger partial charge in [0.05, 0.1) is 13.2 Å². The lowest BCUT2D eigenvalue weighted by molar-refractivity contribution is 0.212. The summed E-state index contributed by atoms with van der Waals surface area (Å²) in [6, 6.07) is 0. The number of hydrogen-bond acceptors (Lipinski definition) is 5. The van der Waals surface area contributed by atoms with Crippen LogP contribution in [0.15, 0.2) is 0 Å². The molecule has 0 aliphatic rings. The highest BCUT2D eigenvalue weighted by atomic mass is 32.5. The predicted octanol–water partition coefficient (Wildman–Crippen LogP) is 1.08. The molecule has 15 heavy (non-hydrogen) atoms. The Morgan fingerprint density at radius 2 is 1.27 bits per heavy atom. The topological polar surface area (TPSA) is 24.9 Å². The Kier molecular flexibility index (Phi) is 7.96. The molecule has 0 N–H and O–H groups in total. The number of hydrogen-bond donors (Lipinski definition) is 0. The van der Waals surface area contributed by atoms with E-state index in [0.29, 0.717) is 13.2 Å². The molecule has 0 fully saturated rings. The van der Waals surface area contributed by atoms with E-state index in [1.165, 1.54) is 0 Å². The van der Waals surface area contributed by atoms with E-state index in [0.717, 1.165) is 13.1 Å². The van der Waals surface area contributed by atoms with Gasteiger partial charge < -0.3 is 18.8 Å². The Balaban J connectivity index is 3.63. The molecule has 0 radical (unpaired) electrons. The third-order valence-corrected chi connectivity index (χ3v) is 3.66. The highest BCUT2D eigenvalue weighted by molar-refractivity contribution is 8.09. The van der Waals surface area contributed by atoms with Crippen LogP contribution in [-0.4, -0.2) is 71.0 Å². The highest BCUT2D eigenvalue weighted by Gasteiger charge is 2.11. The van der Waals surface area contributed by atoms with Crippen molar-refractivity contribution in [2.45, 2.75) is 0 Å². The molecule has 0 saturated heterocycles. The predicted molar refractivity (Wildman–Crippen MR) is 69.2 cm³/mol. The van der Waals surface area contributed by atoms with E-state index >= 15 is 0 Å². The quantitative estimate of drug-likeness (QED) is 0.604. The van der Waals surface area contributed by atoms with Crippen molar-refractivity contribution in [3.63, 3.8) is 0 Å². The average Bonchev–Trinajstić information content (AvgIpc) is 2.01. The minimum atomic E-state index is -2.02. The Hall–Kier alpha value is 0.490. The van der Waals surface area contributed by atoms with Crippen molar-refractivity contribution in [3.8, 4) is 0 Å². The fourth-order valence-corrected chi connectivity index (χ4v) is 2.16. The van der Waals surface area contributed by atoms with E-state index in [2.05, 4.69) is 9.80 Å². The second-order valence-corrected chi connectivity index (χ2v) is 8.09. The van der Waals surface area contributed by atoms with Crippen molar-refractivity contribution in [2.75, 3.05) is 61.2 Å². The van der Waals surface area contributed by atoms with Crippen molar-refractivity contribution >= 4 is 18.3 Å². The lowest BCUT2D eigenvalue weighted by Gasteiger charge is -2.20. The van der Waals surface area contributed by atoms with E-state index in [-0.39, 0.29) is 0 Å². The zero-order valence-corrected chi connectivity index (χ0v) is 12.1. The molecule has 0 aromatic rings. The summed E-state index contributed by atoms with van der Waals surface area (Å²) in [7, 11) is 8.04. The normalized spacial score (nSPS) is 12.7. The molecule has 92 valence electrons. The first-order valence-electron chi connectivity index (χ1n) is 4.99. The Morgan fingerprint density at radius 1 is 0.933 bits per heavy atom. The number of likely N-dealkylation sites (N-methyl/N-ethyl adjacent to an activating group) is 2. The molecule has 0 amide bonds. The second-order valence-electron chi connectivity index (χ2n) is 4.04. The molecule has 0 unspecified atom stereocenters. The van der Waals surface area contributed by atoms with Gasteiger partial charge in [-0.2, -0.15) is 0 Å². The van der Waals surface area contributed by atoms with Gasteiger partial charge in [-0.15, -0.1) is 0 Å². The minimum Gasteiger partial charge on any atom is -0.328 e. The molecule has 0 aromatic carbocycles. The lowest BCUT2D eigenvalue weighted by atomic mass is 10.6. The molecule has 0 aliphatic heterocycles. The van der Waals surface area contributed by atoms with Gasteiger partial charge in [-0.3, -0.25) is 0 Å². The summed E-state index contributed by atoms with van der Waals surface area (Å²) in [6.07, 6.45) is 0. The molecule has 0 spiro atoms. The van der Waals surface area contributed by atoms with Gasteiger partial charge in [0.15, 0.2) is 6.49 Å². The summed E-state index contributed by atoms with van der Waals surface area (Å²) in [5.74, 6) is 0. The second kappa shape index (κ2) is 7.71. The van der Waals surface area contributed by atoms with Crippen LogP contribution in [-0.2, 0) is 20.9 Å². The maximum atomic E-state index is 5.57. The van der Waals surface area contributed by atoms with E-state index in [1.54, 1.807) is 0 Å². The van der Waals surface area contributed by atoms with E-state index in [1.807, 2.05) is 34.9 Å². The van der Waals surface area contributed by atoms with Gasteiger partial charge in [0.2, 0.25) is 0 Å². The summed E-state index contributed by atoms with van der Waals surface area (Å²) >= 11 is 5.28. The summed E-state index contributed by atoms with van der Waals surface area (Å²) in [5.41, 5.74) is 0. The Labute approximate surface area is 98.7 Å². The van der Waals surface area contributed by atoms with E-state index in [9.17, 15) is 0 Å². The van der Waals surface area contributed by atoms with Crippen LogP contribution >= 0.6 is 6.49 Å². The van der Waals surface area contributed by atoms with Crippen molar-refractivity contribution < 1.29 is 9.05 Å². The fourth-order valence-electron chi connectivity index (χ4n) is 0.816. The first kappa shape index (κ1) is 15.5. The summed E-state index contributed by atoms with van der Waals surface area (Å²) in [4.78, 5) is 4.13. The minimum absolute atomic E-state index is 0.642. The average molecular weight is 254 g/mol. The van der Waals surface area contributed by atoms with Gasteiger partial charge in [-0.05, 0) is 40.0 Å². The molecular formula is C9H23N2O2PS. The first-order valence-corrected chi connectivity index (χ1v) is 8.08. The van der Waals surface area contributed by atoms with E-state index in [4.69, 9.17) is 20.9 Å². The van der Waals surface area contributed by atoms with Crippen LogP contribution < -0.4 is 0 Å². The number of nitrogens with zero attached hydrogens (tertiary/aromatic N) is 2. The van der Waals surface area contributed by atoms with Crippen LogP contribution in [0.25, 0.3) is 0 Å². The molecule has 6 heteroatoms. The maximum Gasteiger partial charge on any atom is 0.185 e. The van der Waals surface area contributed by atoms with Crippen LogP contribution in [0.1, 0.15) is 0 Å². The Bertz CT molecular complexity index is 194. The Morgan fingerprint density at radius 3 is 1.53 bits per heavy atom. The summed E-state index contributed by atoms with van der Waals surface area (Å²) in [5, 5.41) is 0. The van der Waals surface area contributed by atoms with Crippen molar-refractivity contribution in [1.82, 2.24) is 9.80 Å². The van der Waals surface area contributed by atoms with Crippen LogP contribution in [0.2, 0.25) is 0 Å². The first-order chi connectivity index (χ1) is 6.83. The van der Waals surface area contributed by atoms with Crippen molar-refractivity contribution in [2.24, 2.45) is 0 Å². The van der Waals surface area contributed by atoms with Gasteiger partial charge >= 0.3 is 0 Å². The molecule has 0 aliphatic carbocycles. The molecule has 0 aromatic heterocycles. The smallest absolute Gasteiger partial charge is 0.185 e. The molecule has 0 saturated carbocycles. The van der Waals surface area contributed by atoms with Gasteiger partial charge in [-0.1, -0.05) is 0 Å². The van der Waals surface area contributed by atoms with Crippen molar-refractivity contribution in [3.05, 3.63) is 0 Å². The third kappa shape index (κ3) is 10.8. The number of rotatable bonds is 8. The van der Waals surface area contributed by atoms with Gasteiger partial charge in [0.1, 0.15) is 0 Å². The zero-order valence-electron chi connectivity index (χ0n) is 10.4. The summed E-state index contributed by atoms with van der Waals surface area (Å²) in [6.45, 7) is 2.90. The zero-order chi connectivity index (χ0) is 11.9. The van der Waals surface area contributed by atoms with Crippen molar-refractivity contribution in [1.29, 1.82) is 0 Å². The standard InChI is InChI=1S/C9H23N2O2PS/c1-10(2)6-8-12-14(5,15)13-9-7-11(3)4/h6-9H2,1-5H3. The SMILES string of the molecule is CN(C)CCOP(C)(=S)OCCN(C)C. The molecule has 0 rings (SSSR count). The molecule has 0 bridgehead atoms. The molecule has 4 nitrogen and oxygen atoms in total. The molecule has 0 heterocycles. The monoisotopic (exact) mass is 254 g/mol. The lowest BCUT2D eigenvalue weighted by Crippen LogP contribution is -2.19. The van der Waals surface area contributed by atoms with Crippen LogP contribution in [0.5, 0.6) is 0 Å². The molecular weight excluding hydrogens is 231 g/mol. The molecule has 0 atom stereocenters. The fraction of sp³-hybridized carbons (Fsp3) is 1.00. The van der Waals surface area contributed by atoms with Gasteiger partial charge in [0, 0.05) is 19.8 Å². The highest BCUT2D eigenvalue weighted by Crippen LogP contribution is 2.43.